The van der Waals surface area contributed by atoms with Crippen LogP contribution in [0.3, 0.4) is 0 Å². The molecule has 2 aliphatic heterocycles. The smallest absolute Gasteiger partial charge is 0.234 e. The van der Waals surface area contributed by atoms with Crippen LogP contribution in [0.4, 0.5) is 0 Å². The molecule has 5 rings (SSSR count). The number of piperidine rings is 2. The first-order valence-corrected chi connectivity index (χ1v) is 11.5. The number of amides is 3. The Balaban J connectivity index is 1.27. The van der Waals surface area contributed by atoms with Gasteiger partial charge in [-0.15, -0.1) is 0 Å². The minimum Gasteiger partial charge on any atom is -0.492 e. The number of carbonyl (C=O) groups is 3. The van der Waals surface area contributed by atoms with E-state index in [-0.39, 0.29) is 11.8 Å². The first-order valence-electron chi connectivity index (χ1n) is 11.5. The van der Waals surface area contributed by atoms with Crippen molar-refractivity contribution >= 4 is 40.0 Å². The van der Waals surface area contributed by atoms with Crippen molar-refractivity contribution < 1.29 is 23.5 Å². The quantitative estimate of drug-likeness (QED) is 0.327. The molecule has 2 aliphatic rings. The fourth-order valence-electron chi connectivity index (χ4n) is 4.85. The molecule has 8 nitrogen and oxygen atoms in total. The maximum atomic E-state index is 12.4. The number of hydrogen-bond acceptors (Lipinski definition) is 6. The lowest BCUT2D eigenvalue weighted by atomic mass is 9.89. The molecule has 172 valence electrons. The highest BCUT2D eigenvalue weighted by atomic mass is 16.5. The first kappa shape index (κ1) is 21.5. The maximum Gasteiger partial charge on any atom is 0.234 e. The maximum absolute atomic E-state index is 12.4. The van der Waals surface area contributed by atoms with E-state index in [0.717, 1.165) is 71.9 Å². The van der Waals surface area contributed by atoms with Crippen LogP contribution in [0, 0.1) is 0 Å². The molecule has 3 heterocycles. The standard InChI is InChI=1S/C25H27N3O5/c29-15-28-10-7-17(8-11-28)26-9-12-32-18-2-3-19-16(13-18)1-5-22-24(19)21(14-33-22)20-4-6-23(30)27-25(20)31/h1-3,5,13-15,17,20,26H,4,6-12H2,(H,27,30,31). The van der Waals surface area contributed by atoms with Crippen LogP contribution in [-0.2, 0) is 14.4 Å². The molecule has 0 bridgehead atoms. The minimum absolute atomic E-state index is 0.225. The fraction of sp³-hybridized carbons (Fsp3) is 0.400. The highest BCUT2D eigenvalue weighted by molar-refractivity contribution is 6.10. The summed E-state index contributed by atoms with van der Waals surface area (Å²) in [5.41, 5.74) is 1.54. The topological polar surface area (TPSA) is 101 Å². The lowest BCUT2D eigenvalue weighted by Gasteiger charge is -2.29. The van der Waals surface area contributed by atoms with Gasteiger partial charge in [0.2, 0.25) is 18.2 Å². The third-order valence-corrected chi connectivity index (χ3v) is 6.65. The van der Waals surface area contributed by atoms with Gasteiger partial charge in [0.1, 0.15) is 17.9 Å². The molecule has 2 fully saturated rings. The number of nitrogens with zero attached hydrogens (tertiary/aromatic N) is 1. The number of hydrogen-bond donors (Lipinski definition) is 2. The number of benzene rings is 2. The number of fused-ring (bicyclic) bond motifs is 3. The Morgan fingerprint density at radius 2 is 2.00 bits per heavy atom. The second-order valence-electron chi connectivity index (χ2n) is 8.73. The van der Waals surface area contributed by atoms with Crippen LogP contribution in [-0.4, -0.2) is 55.4 Å². The summed E-state index contributed by atoms with van der Waals surface area (Å²) < 4.78 is 11.7. The van der Waals surface area contributed by atoms with Gasteiger partial charge in [-0.1, -0.05) is 6.07 Å². The van der Waals surface area contributed by atoms with Crippen molar-refractivity contribution in [3.8, 4) is 5.75 Å². The van der Waals surface area contributed by atoms with E-state index in [1.54, 1.807) is 6.26 Å². The predicted molar refractivity (Wildman–Crippen MR) is 123 cm³/mol. The zero-order valence-electron chi connectivity index (χ0n) is 18.3. The SMILES string of the molecule is O=CN1CCC(NCCOc2ccc3c(ccc4occ(C5CCC(=O)NC5=O)c43)c2)CC1. The molecule has 1 atom stereocenters. The van der Waals surface area contributed by atoms with Crippen LogP contribution in [0.25, 0.3) is 21.7 Å². The summed E-state index contributed by atoms with van der Waals surface area (Å²) in [7, 11) is 0. The summed E-state index contributed by atoms with van der Waals surface area (Å²) in [5.74, 6) is -0.104. The molecule has 0 aliphatic carbocycles. The van der Waals surface area contributed by atoms with Gasteiger partial charge >= 0.3 is 0 Å². The monoisotopic (exact) mass is 449 g/mol. The average Bonchev–Trinajstić information content (AvgIpc) is 3.26. The van der Waals surface area contributed by atoms with Crippen molar-refractivity contribution in [2.45, 2.75) is 37.6 Å². The van der Waals surface area contributed by atoms with Gasteiger partial charge < -0.3 is 19.4 Å². The summed E-state index contributed by atoms with van der Waals surface area (Å²) in [4.78, 5) is 36.6. The van der Waals surface area contributed by atoms with Crippen LogP contribution >= 0.6 is 0 Å². The molecule has 33 heavy (non-hydrogen) atoms. The third kappa shape index (κ3) is 4.43. The largest absolute Gasteiger partial charge is 0.492 e. The molecule has 2 aromatic carbocycles. The van der Waals surface area contributed by atoms with Gasteiger partial charge in [0, 0.05) is 43.0 Å². The minimum atomic E-state index is -0.394. The van der Waals surface area contributed by atoms with Gasteiger partial charge in [0.15, 0.2) is 0 Å². The van der Waals surface area contributed by atoms with E-state index >= 15 is 0 Å². The van der Waals surface area contributed by atoms with Crippen molar-refractivity contribution in [2.24, 2.45) is 0 Å². The highest BCUT2D eigenvalue weighted by Gasteiger charge is 2.31. The van der Waals surface area contributed by atoms with E-state index < -0.39 is 5.92 Å². The van der Waals surface area contributed by atoms with Crippen molar-refractivity contribution in [3.05, 3.63) is 42.2 Å². The van der Waals surface area contributed by atoms with E-state index in [1.165, 1.54) is 0 Å². The number of furan rings is 1. The van der Waals surface area contributed by atoms with Crippen LogP contribution in [0.15, 0.2) is 41.0 Å². The van der Waals surface area contributed by atoms with E-state index in [2.05, 4.69) is 10.6 Å². The average molecular weight is 450 g/mol. The van der Waals surface area contributed by atoms with Crippen molar-refractivity contribution in [2.75, 3.05) is 26.2 Å². The summed E-state index contributed by atoms with van der Waals surface area (Å²) >= 11 is 0. The summed E-state index contributed by atoms with van der Waals surface area (Å²) in [6, 6.07) is 10.2. The molecule has 3 amide bonds. The van der Waals surface area contributed by atoms with Gasteiger partial charge in [-0.05, 0) is 54.3 Å². The number of rotatable bonds is 7. The second-order valence-corrected chi connectivity index (χ2v) is 8.73. The Morgan fingerprint density at radius 1 is 1.15 bits per heavy atom. The molecule has 8 heteroatoms. The summed E-state index contributed by atoms with van der Waals surface area (Å²) in [6.07, 6.45) is 5.30. The molecule has 2 saturated heterocycles. The van der Waals surface area contributed by atoms with Gasteiger partial charge in [0.25, 0.3) is 0 Å². The number of carbonyl (C=O) groups excluding carboxylic acids is 3. The third-order valence-electron chi connectivity index (χ3n) is 6.65. The van der Waals surface area contributed by atoms with Crippen LogP contribution in [0.2, 0.25) is 0 Å². The zero-order valence-corrected chi connectivity index (χ0v) is 18.3. The van der Waals surface area contributed by atoms with E-state index in [9.17, 15) is 14.4 Å². The van der Waals surface area contributed by atoms with Crippen LogP contribution in [0.5, 0.6) is 5.75 Å². The Kier molecular flexibility index (Phi) is 6.00. The lowest BCUT2D eigenvalue weighted by Crippen LogP contribution is -2.43. The lowest BCUT2D eigenvalue weighted by molar-refractivity contribution is -0.134. The summed E-state index contributed by atoms with van der Waals surface area (Å²) in [5, 5.41) is 8.85. The zero-order chi connectivity index (χ0) is 22.8. The second kappa shape index (κ2) is 9.23. The summed E-state index contributed by atoms with van der Waals surface area (Å²) in [6.45, 7) is 2.89. The van der Waals surface area contributed by atoms with E-state index in [1.807, 2.05) is 35.2 Å². The van der Waals surface area contributed by atoms with E-state index in [4.69, 9.17) is 9.15 Å². The molecular formula is C25H27N3O5. The van der Waals surface area contributed by atoms with Gasteiger partial charge in [-0.25, -0.2) is 0 Å². The number of likely N-dealkylation sites (tertiary alicyclic amines) is 1. The molecule has 0 radical (unpaired) electrons. The normalized spacial score (nSPS) is 19.8. The Labute approximate surface area is 191 Å². The van der Waals surface area contributed by atoms with Gasteiger partial charge in [-0.3, -0.25) is 19.7 Å². The molecule has 1 unspecified atom stereocenters. The molecule has 0 spiro atoms. The van der Waals surface area contributed by atoms with Gasteiger partial charge in [0.05, 0.1) is 12.2 Å². The number of ether oxygens (including phenoxy) is 1. The number of nitrogens with one attached hydrogen (secondary N) is 2. The Hall–Kier alpha value is -3.39. The molecule has 2 N–H and O–H groups in total. The predicted octanol–water partition coefficient (Wildman–Crippen LogP) is 2.70. The van der Waals surface area contributed by atoms with Gasteiger partial charge in [-0.2, -0.15) is 0 Å². The van der Waals surface area contributed by atoms with Crippen molar-refractivity contribution in [1.82, 2.24) is 15.5 Å². The molecule has 0 saturated carbocycles. The van der Waals surface area contributed by atoms with Crippen LogP contribution < -0.4 is 15.4 Å². The Bertz CT molecular complexity index is 1200. The Morgan fingerprint density at radius 3 is 2.79 bits per heavy atom. The highest BCUT2D eigenvalue weighted by Crippen LogP contribution is 2.37. The molecule has 3 aromatic rings. The van der Waals surface area contributed by atoms with E-state index in [0.29, 0.717) is 25.5 Å². The fourth-order valence-corrected chi connectivity index (χ4v) is 4.85. The van der Waals surface area contributed by atoms with Crippen molar-refractivity contribution in [3.63, 3.8) is 0 Å². The molecule has 1 aromatic heterocycles. The first-order chi connectivity index (χ1) is 16.1. The van der Waals surface area contributed by atoms with Crippen LogP contribution in [0.1, 0.15) is 37.2 Å². The van der Waals surface area contributed by atoms with Crippen molar-refractivity contribution in [1.29, 1.82) is 0 Å². The molecular weight excluding hydrogens is 422 g/mol. The number of imide groups is 1.